The molecule has 0 aromatic carbocycles. The van der Waals surface area contributed by atoms with E-state index in [0.717, 1.165) is 11.0 Å². The standard InChI is InChI=1S/C5H14NO.Fe/c1-6(2,3)4-5-7;/h7H,4-5H2,1-3H3;/q+1;+2. The van der Waals surface area contributed by atoms with Crippen molar-refractivity contribution < 1.29 is 26.7 Å². The fourth-order valence-electron chi connectivity index (χ4n) is 0.300. The van der Waals surface area contributed by atoms with Gasteiger partial charge in [0.1, 0.15) is 6.54 Å². The summed E-state index contributed by atoms with van der Waals surface area (Å²) in [5.41, 5.74) is 0. The molecule has 0 atom stereocenters. The van der Waals surface area contributed by atoms with E-state index in [-0.39, 0.29) is 23.7 Å². The summed E-state index contributed by atoms with van der Waals surface area (Å²) < 4.78 is 0.844. The van der Waals surface area contributed by atoms with Crippen LogP contribution in [0.15, 0.2) is 0 Å². The predicted octanol–water partition coefficient (Wildman–Crippen LogP) is -0.318. The Balaban J connectivity index is 0. The molecular weight excluding hydrogens is 146 g/mol. The molecule has 50 valence electrons. The number of hydrogen-bond donors (Lipinski definition) is 1. The molecular formula is C5H14FeNO+3. The fraction of sp³-hybridized carbons (Fsp3) is 1.00. The molecule has 0 saturated heterocycles. The van der Waals surface area contributed by atoms with Crippen LogP contribution in [0.4, 0.5) is 0 Å². The maximum absolute atomic E-state index is 8.39. The normalized spacial score (nSPS) is 10.5. The summed E-state index contributed by atoms with van der Waals surface area (Å²) in [6, 6.07) is 0. The van der Waals surface area contributed by atoms with Crippen LogP contribution in [0, 0.1) is 0 Å². The maximum atomic E-state index is 8.39. The van der Waals surface area contributed by atoms with E-state index in [1.54, 1.807) is 0 Å². The van der Waals surface area contributed by atoms with Gasteiger partial charge in [-0.05, 0) is 0 Å². The third-order valence-corrected chi connectivity index (χ3v) is 0.771. The van der Waals surface area contributed by atoms with E-state index in [2.05, 4.69) is 21.1 Å². The first-order valence-electron chi connectivity index (χ1n) is 2.47. The van der Waals surface area contributed by atoms with Crippen molar-refractivity contribution in [3.8, 4) is 0 Å². The molecule has 0 aliphatic carbocycles. The van der Waals surface area contributed by atoms with Crippen LogP contribution in [0.3, 0.4) is 0 Å². The van der Waals surface area contributed by atoms with Gasteiger partial charge in [-0.3, -0.25) is 0 Å². The minimum Gasteiger partial charge on any atom is -0.391 e. The second kappa shape index (κ2) is 4.33. The Morgan fingerprint density at radius 3 is 1.62 bits per heavy atom. The zero-order chi connectivity index (χ0) is 5.91. The second-order valence-electron chi connectivity index (χ2n) is 2.74. The van der Waals surface area contributed by atoms with Gasteiger partial charge in [-0.2, -0.15) is 0 Å². The summed E-state index contributed by atoms with van der Waals surface area (Å²) in [6.45, 7) is 1.11. The van der Waals surface area contributed by atoms with E-state index in [9.17, 15) is 0 Å². The molecule has 0 aromatic heterocycles. The number of aliphatic hydroxyl groups excluding tert-OH is 1. The first-order chi connectivity index (χ1) is 3.06. The molecule has 0 spiro atoms. The smallest absolute Gasteiger partial charge is 0.391 e. The molecule has 0 aliphatic rings. The van der Waals surface area contributed by atoms with Crippen molar-refractivity contribution >= 4 is 0 Å². The number of aliphatic hydroxyl groups is 1. The number of nitrogens with zero attached hydrogens (tertiary/aromatic N) is 1. The van der Waals surface area contributed by atoms with E-state index < -0.39 is 0 Å². The van der Waals surface area contributed by atoms with Gasteiger partial charge >= 0.3 is 17.1 Å². The van der Waals surface area contributed by atoms with E-state index in [1.165, 1.54) is 0 Å². The van der Waals surface area contributed by atoms with Crippen molar-refractivity contribution in [2.24, 2.45) is 0 Å². The number of hydrogen-bond acceptors (Lipinski definition) is 1. The van der Waals surface area contributed by atoms with Gasteiger partial charge in [0.05, 0.1) is 27.7 Å². The van der Waals surface area contributed by atoms with E-state index in [0.29, 0.717) is 0 Å². The van der Waals surface area contributed by atoms with Crippen LogP contribution in [0.2, 0.25) is 0 Å². The maximum Gasteiger partial charge on any atom is 2.00 e. The van der Waals surface area contributed by atoms with Crippen molar-refractivity contribution in [2.75, 3.05) is 34.3 Å². The molecule has 0 saturated carbocycles. The van der Waals surface area contributed by atoms with Gasteiger partial charge in [-0.25, -0.2) is 0 Å². The quantitative estimate of drug-likeness (QED) is 0.433. The molecule has 0 aromatic rings. The molecule has 8 heavy (non-hydrogen) atoms. The van der Waals surface area contributed by atoms with Gasteiger partial charge in [-0.15, -0.1) is 0 Å². The Labute approximate surface area is 61.6 Å². The fourth-order valence-corrected chi connectivity index (χ4v) is 0.300. The SMILES string of the molecule is C[N+](C)(C)CCO.[Fe+2]. The predicted molar refractivity (Wildman–Crippen MR) is 30.0 cm³/mol. The van der Waals surface area contributed by atoms with Gasteiger partial charge < -0.3 is 9.59 Å². The zero-order valence-corrected chi connectivity index (χ0v) is 6.77. The Morgan fingerprint density at radius 2 is 1.62 bits per heavy atom. The Morgan fingerprint density at radius 1 is 1.25 bits per heavy atom. The number of quaternary nitrogens is 1. The molecule has 0 unspecified atom stereocenters. The molecule has 0 fully saturated rings. The van der Waals surface area contributed by atoms with Crippen LogP contribution in [-0.2, 0) is 17.1 Å². The van der Waals surface area contributed by atoms with Crippen molar-refractivity contribution in [1.29, 1.82) is 0 Å². The Kier molecular flexibility index (Phi) is 6.10. The summed E-state index contributed by atoms with van der Waals surface area (Å²) in [6.07, 6.45) is 0. The molecule has 2 nitrogen and oxygen atoms in total. The van der Waals surface area contributed by atoms with Crippen LogP contribution in [0.1, 0.15) is 0 Å². The third kappa shape index (κ3) is 9.67. The average Bonchev–Trinajstić information content (AvgIpc) is 1.30. The van der Waals surface area contributed by atoms with Crippen LogP contribution in [0.25, 0.3) is 0 Å². The zero-order valence-electron chi connectivity index (χ0n) is 5.66. The van der Waals surface area contributed by atoms with Crippen molar-refractivity contribution in [1.82, 2.24) is 0 Å². The first-order valence-corrected chi connectivity index (χ1v) is 2.47. The largest absolute Gasteiger partial charge is 2.00 e. The molecule has 0 radical (unpaired) electrons. The van der Waals surface area contributed by atoms with Crippen molar-refractivity contribution in [3.05, 3.63) is 0 Å². The van der Waals surface area contributed by atoms with E-state index >= 15 is 0 Å². The van der Waals surface area contributed by atoms with Crippen LogP contribution < -0.4 is 0 Å². The van der Waals surface area contributed by atoms with Gasteiger partial charge in [-0.1, -0.05) is 0 Å². The topological polar surface area (TPSA) is 20.2 Å². The Bertz CT molecular complexity index is 50.9. The van der Waals surface area contributed by atoms with Crippen LogP contribution in [0.5, 0.6) is 0 Å². The Hall–Kier alpha value is 0.439. The molecule has 1 N–H and O–H groups in total. The molecule has 0 aliphatic heterocycles. The molecule has 0 rings (SSSR count). The molecule has 0 bridgehead atoms. The van der Waals surface area contributed by atoms with Gasteiger partial charge in [0.15, 0.2) is 0 Å². The summed E-state index contributed by atoms with van der Waals surface area (Å²) in [4.78, 5) is 0. The number of rotatable bonds is 2. The average molecular weight is 160 g/mol. The summed E-state index contributed by atoms with van der Waals surface area (Å²) in [7, 11) is 6.16. The first kappa shape index (κ1) is 11.3. The van der Waals surface area contributed by atoms with Crippen LogP contribution >= 0.6 is 0 Å². The molecule has 3 heteroatoms. The summed E-state index contributed by atoms with van der Waals surface area (Å²) >= 11 is 0. The molecule has 0 heterocycles. The second-order valence-corrected chi connectivity index (χ2v) is 2.74. The van der Waals surface area contributed by atoms with Gasteiger partial charge in [0.2, 0.25) is 0 Å². The summed E-state index contributed by atoms with van der Waals surface area (Å²) in [5, 5.41) is 8.39. The summed E-state index contributed by atoms with van der Waals surface area (Å²) in [5.74, 6) is 0. The van der Waals surface area contributed by atoms with Gasteiger partial charge in [0.25, 0.3) is 0 Å². The van der Waals surface area contributed by atoms with Crippen LogP contribution in [-0.4, -0.2) is 43.9 Å². The van der Waals surface area contributed by atoms with Crippen molar-refractivity contribution in [3.63, 3.8) is 0 Å². The minimum atomic E-state index is 0. The minimum absolute atomic E-state index is 0. The third-order valence-electron chi connectivity index (χ3n) is 0.771. The van der Waals surface area contributed by atoms with E-state index in [1.807, 2.05) is 0 Å². The van der Waals surface area contributed by atoms with Crippen molar-refractivity contribution in [2.45, 2.75) is 0 Å². The van der Waals surface area contributed by atoms with Gasteiger partial charge in [0, 0.05) is 0 Å². The number of likely N-dealkylation sites (N-methyl/N-ethyl adjacent to an activating group) is 1. The molecule has 0 amide bonds. The van der Waals surface area contributed by atoms with E-state index in [4.69, 9.17) is 5.11 Å². The monoisotopic (exact) mass is 160 g/mol.